The molecule has 0 amide bonds. The van der Waals surface area contributed by atoms with Crippen LogP contribution in [0.5, 0.6) is 0 Å². The van der Waals surface area contributed by atoms with Crippen LogP contribution in [0.15, 0.2) is 121 Å². The topological polar surface area (TPSA) is 15.8 Å². The van der Waals surface area contributed by atoms with Gasteiger partial charge in [0.2, 0.25) is 0 Å². The van der Waals surface area contributed by atoms with E-state index in [-0.39, 0.29) is 0 Å². The van der Waals surface area contributed by atoms with Gasteiger partial charge in [-0.25, -0.2) is 0 Å². The first kappa shape index (κ1) is 19.7. The Morgan fingerprint density at radius 1 is 0.417 bits per heavy atom. The lowest BCUT2D eigenvalue weighted by molar-refractivity contribution is 1.26. The first-order valence-corrected chi connectivity index (χ1v) is 12.6. The maximum atomic E-state index is 3.79. The highest BCUT2D eigenvalue weighted by atomic mass is 14.7. The summed E-state index contributed by atoms with van der Waals surface area (Å²) >= 11 is 0. The van der Waals surface area contributed by atoms with E-state index >= 15 is 0 Å². The Morgan fingerprint density at radius 2 is 1.14 bits per heavy atom. The number of rotatable bonds is 2. The Labute approximate surface area is 209 Å². The second-order valence-electron chi connectivity index (χ2n) is 9.85. The van der Waals surface area contributed by atoms with E-state index in [0.717, 1.165) is 6.42 Å². The van der Waals surface area contributed by atoms with Crippen LogP contribution in [0.25, 0.3) is 66.0 Å². The van der Waals surface area contributed by atoms with Crippen LogP contribution in [0.1, 0.15) is 11.1 Å². The van der Waals surface area contributed by atoms with Crippen molar-refractivity contribution in [1.82, 2.24) is 4.98 Å². The van der Waals surface area contributed by atoms with E-state index in [1.165, 1.54) is 77.1 Å². The van der Waals surface area contributed by atoms with Crippen molar-refractivity contribution in [2.75, 3.05) is 0 Å². The average Bonchev–Trinajstić information content (AvgIpc) is 3.51. The molecule has 0 fully saturated rings. The normalized spacial score (nSPS) is 12.3. The molecule has 0 atom stereocenters. The summed E-state index contributed by atoms with van der Waals surface area (Å²) < 4.78 is 0. The fraction of sp³-hybridized carbons (Fsp3) is 0.0286. The quantitative estimate of drug-likeness (QED) is 0.266. The predicted molar refractivity (Wildman–Crippen MR) is 152 cm³/mol. The van der Waals surface area contributed by atoms with Crippen LogP contribution in [-0.4, -0.2) is 4.98 Å². The summed E-state index contributed by atoms with van der Waals surface area (Å²) in [6.45, 7) is 0. The molecule has 1 heteroatoms. The molecule has 1 aliphatic rings. The van der Waals surface area contributed by atoms with Gasteiger partial charge in [0, 0.05) is 21.7 Å². The zero-order valence-electron chi connectivity index (χ0n) is 19.8. The van der Waals surface area contributed by atoms with Crippen molar-refractivity contribution in [2.24, 2.45) is 0 Å². The highest BCUT2D eigenvalue weighted by Gasteiger charge is 2.18. The molecule has 8 rings (SSSR count). The SMILES string of the molecule is c1cc(-c2ccc3c(c2)-c2ccccc2C3)cc(-c2cccc3c2[nH]c2c4ccccc4ccc32)c1. The fourth-order valence-electron chi connectivity index (χ4n) is 6.08. The third-order valence-corrected chi connectivity index (χ3v) is 7.84. The van der Waals surface area contributed by atoms with E-state index in [9.17, 15) is 0 Å². The third-order valence-electron chi connectivity index (χ3n) is 7.84. The zero-order valence-corrected chi connectivity index (χ0v) is 19.8. The molecule has 0 saturated heterocycles. The Bertz CT molecular complexity index is 1970. The van der Waals surface area contributed by atoms with Gasteiger partial charge in [0.15, 0.2) is 0 Å². The summed E-state index contributed by atoms with van der Waals surface area (Å²) in [5.74, 6) is 0. The average molecular weight is 458 g/mol. The molecule has 0 radical (unpaired) electrons. The molecule has 1 nitrogen and oxygen atoms in total. The van der Waals surface area contributed by atoms with Crippen LogP contribution in [0, 0.1) is 0 Å². The lowest BCUT2D eigenvalue weighted by Crippen LogP contribution is -1.85. The van der Waals surface area contributed by atoms with Crippen molar-refractivity contribution in [3.63, 3.8) is 0 Å². The summed E-state index contributed by atoms with van der Waals surface area (Å²) in [6.07, 6.45) is 1.03. The van der Waals surface area contributed by atoms with E-state index in [0.29, 0.717) is 0 Å². The number of hydrogen-bond donors (Lipinski definition) is 1. The Morgan fingerprint density at radius 3 is 2.14 bits per heavy atom. The lowest BCUT2D eigenvalue weighted by atomic mass is 9.95. The van der Waals surface area contributed by atoms with Gasteiger partial charge in [0.05, 0.1) is 11.0 Å². The van der Waals surface area contributed by atoms with Crippen LogP contribution < -0.4 is 0 Å². The molecule has 6 aromatic carbocycles. The molecule has 36 heavy (non-hydrogen) atoms. The third kappa shape index (κ3) is 2.83. The molecule has 1 heterocycles. The van der Waals surface area contributed by atoms with Gasteiger partial charge in [-0.15, -0.1) is 0 Å². The molecule has 0 aliphatic heterocycles. The molecular weight excluding hydrogens is 434 g/mol. The molecule has 0 saturated carbocycles. The number of nitrogens with one attached hydrogen (secondary N) is 1. The van der Waals surface area contributed by atoms with Crippen LogP contribution in [-0.2, 0) is 6.42 Å². The van der Waals surface area contributed by atoms with Crippen LogP contribution in [0.2, 0.25) is 0 Å². The Balaban J connectivity index is 1.29. The molecule has 0 unspecified atom stereocenters. The van der Waals surface area contributed by atoms with E-state index in [1.807, 2.05) is 0 Å². The van der Waals surface area contributed by atoms with Crippen molar-refractivity contribution in [2.45, 2.75) is 6.42 Å². The Hall–Kier alpha value is -4.62. The number of para-hydroxylation sites is 1. The van der Waals surface area contributed by atoms with Gasteiger partial charge in [-0.1, -0.05) is 109 Å². The molecule has 1 aromatic heterocycles. The standard InChI is InChI=1S/C35H23N/c1-4-12-29-22(7-1)17-18-32-31-14-6-13-30(35(31)36-34(29)32)26-10-5-9-23(19-26)24-15-16-27-20-25-8-2-3-11-28(25)33(27)21-24/h1-19,21,36H,20H2. The van der Waals surface area contributed by atoms with Crippen molar-refractivity contribution in [3.8, 4) is 33.4 Å². The van der Waals surface area contributed by atoms with Gasteiger partial charge in [0.25, 0.3) is 0 Å². The zero-order chi connectivity index (χ0) is 23.6. The smallest absolute Gasteiger partial charge is 0.0544 e. The molecular formula is C35H23N. The maximum Gasteiger partial charge on any atom is 0.0544 e. The number of H-pyrrole nitrogens is 1. The minimum Gasteiger partial charge on any atom is -0.353 e. The van der Waals surface area contributed by atoms with Crippen molar-refractivity contribution in [3.05, 3.63) is 132 Å². The second-order valence-corrected chi connectivity index (χ2v) is 9.85. The summed E-state index contributed by atoms with van der Waals surface area (Å²) in [6, 6.07) is 44.4. The predicted octanol–water partition coefficient (Wildman–Crippen LogP) is 9.38. The van der Waals surface area contributed by atoms with Gasteiger partial charge >= 0.3 is 0 Å². The van der Waals surface area contributed by atoms with Gasteiger partial charge in [-0.3, -0.25) is 0 Å². The van der Waals surface area contributed by atoms with Gasteiger partial charge in [-0.2, -0.15) is 0 Å². The minimum absolute atomic E-state index is 1.03. The number of hydrogen-bond acceptors (Lipinski definition) is 0. The summed E-state index contributed by atoms with van der Waals surface area (Å²) in [7, 11) is 0. The first-order chi connectivity index (χ1) is 17.8. The number of aromatic nitrogens is 1. The minimum atomic E-state index is 1.03. The highest BCUT2D eigenvalue weighted by molar-refractivity contribution is 6.19. The monoisotopic (exact) mass is 457 g/mol. The van der Waals surface area contributed by atoms with Gasteiger partial charge in [-0.05, 0) is 62.9 Å². The number of fused-ring (bicyclic) bond motifs is 8. The van der Waals surface area contributed by atoms with Crippen molar-refractivity contribution < 1.29 is 0 Å². The number of benzene rings is 6. The van der Waals surface area contributed by atoms with Gasteiger partial charge in [0.1, 0.15) is 0 Å². The van der Waals surface area contributed by atoms with Crippen LogP contribution in [0.3, 0.4) is 0 Å². The number of aromatic amines is 1. The van der Waals surface area contributed by atoms with E-state index in [2.05, 4.69) is 126 Å². The molecule has 0 spiro atoms. The largest absolute Gasteiger partial charge is 0.353 e. The highest BCUT2D eigenvalue weighted by Crippen LogP contribution is 2.40. The first-order valence-electron chi connectivity index (χ1n) is 12.6. The molecule has 7 aromatic rings. The molecule has 168 valence electrons. The van der Waals surface area contributed by atoms with E-state index < -0.39 is 0 Å². The van der Waals surface area contributed by atoms with Crippen LogP contribution >= 0.6 is 0 Å². The van der Waals surface area contributed by atoms with Crippen LogP contribution in [0.4, 0.5) is 0 Å². The van der Waals surface area contributed by atoms with Gasteiger partial charge < -0.3 is 4.98 Å². The molecule has 1 N–H and O–H groups in total. The molecule has 1 aliphatic carbocycles. The fourth-order valence-corrected chi connectivity index (χ4v) is 6.08. The Kier molecular flexibility index (Phi) is 4.06. The van der Waals surface area contributed by atoms with E-state index in [1.54, 1.807) is 0 Å². The second kappa shape index (κ2) is 7.44. The lowest BCUT2D eigenvalue weighted by Gasteiger charge is -2.09. The van der Waals surface area contributed by atoms with Crippen molar-refractivity contribution in [1.29, 1.82) is 0 Å². The molecule has 0 bridgehead atoms. The van der Waals surface area contributed by atoms with Crippen molar-refractivity contribution >= 4 is 32.6 Å². The maximum absolute atomic E-state index is 3.79. The summed E-state index contributed by atoms with van der Waals surface area (Å²) in [5, 5.41) is 5.08. The summed E-state index contributed by atoms with van der Waals surface area (Å²) in [5.41, 5.74) is 13.0. The van der Waals surface area contributed by atoms with E-state index in [4.69, 9.17) is 0 Å². The summed E-state index contributed by atoms with van der Waals surface area (Å²) in [4.78, 5) is 3.79.